The second kappa shape index (κ2) is 6.36. The zero-order valence-corrected chi connectivity index (χ0v) is 16.3. The highest BCUT2D eigenvalue weighted by Crippen LogP contribution is 2.48. The van der Waals surface area contributed by atoms with Gasteiger partial charge in [-0.25, -0.2) is 14.2 Å². The summed E-state index contributed by atoms with van der Waals surface area (Å²) in [7, 11) is 0. The molecule has 10 heteroatoms. The van der Waals surface area contributed by atoms with E-state index in [-0.39, 0.29) is 25.0 Å². The van der Waals surface area contributed by atoms with Crippen LogP contribution >= 0.6 is 0 Å². The van der Waals surface area contributed by atoms with Gasteiger partial charge in [-0.1, -0.05) is 0 Å². The third-order valence-electron chi connectivity index (χ3n) is 6.03. The normalized spacial score (nSPS) is 27.4. The third-order valence-corrected chi connectivity index (χ3v) is 6.03. The van der Waals surface area contributed by atoms with E-state index in [1.54, 1.807) is 17.9 Å². The quantitative estimate of drug-likeness (QED) is 0.678. The number of fused-ring (bicyclic) bond motifs is 4. The molecule has 3 aliphatic heterocycles. The highest BCUT2D eigenvalue weighted by molar-refractivity contribution is 6.20. The molecule has 0 unspecified atom stereocenters. The van der Waals surface area contributed by atoms with E-state index in [0.717, 1.165) is 0 Å². The molecule has 4 heterocycles. The second-order valence-corrected chi connectivity index (χ2v) is 7.94. The summed E-state index contributed by atoms with van der Waals surface area (Å²) in [5.41, 5.74) is -0.477. The summed E-state index contributed by atoms with van der Waals surface area (Å²) in [6.45, 7) is 3.88. The standard InChI is InChI=1S/C20H19FN4O5/c1-9-8-25-14-12(5-11(6-13(14)21)16-22-3-4-29-16)7-20(15(25)10(2)30-9)17(26)23-19(28)24-18(20)27/h3-6,9-10,15H,7-8H2,1-2H3,(H2,23,24,26,27,28)/t9-,10+,15-/m1/s1. The van der Waals surface area contributed by atoms with Crippen LogP contribution in [0.2, 0.25) is 0 Å². The van der Waals surface area contributed by atoms with Crippen LogP contribution in [-0.2, 0) is 20.7 Å². The Morgan fingerprint density at radius 1 is 1.20 bits per heavy atom. The van der Waals surface area contributed by atoms with E-state index in [0.29, 0.717) is 16.8 Å². The highest BCUT2D eigenvalue weighted by atomic mass is 19.1. The first kappa shape index (κ1) is 18.7. The molecule has 2 N–H and O–H groups in total. The van der Waals surface area contributed by atoms with Crippen molar-refractivity contribution in [3.63, 3.8) is 0 Å². The Kier molecular flexibility index (Phi) is 3.97. The average molecular weight is 414 g/mol. The Labute approximate surface area is 170 Å². The van der Waals surface area contributed by atoms with Gasteiger partial charge >= 0.3 is 6.03 Å². The van der Waals surface area contributed by atoms with E-state index in [2.05, 4.69) is 15.6 Å². The molecule has 3 aliphatic rings. The number of urea groups is 1. The number of hydrogen-bond acceptors (Lipinski definition) is 7. The number of imide groups is 2. The number of oxazole rings is 1. The molecule has 30 heavy (non-hydrogen) atoms. The van der Waals surface area contributed by atoms with Crippen LogP contribution in [0, 0.1) is 11.2 Å². The number of halogens is 1. The van der Waals surface area contributed by atoms with Gasteiger partial charge < -0.3 is 14.1 Å². The van der Waals surface area contributed by atoms with Gasteiger partial charge in [-0.05, 0) is 31.5 Å². The Morgan fingerprint density at radius 2 is 1.93 bits per heavy atom. The molecule has 0 bridgehead atoms. The topological polar surface area (TPSA) is 114 Å². The Morgan fingerprint density at radius 3 is 2.60 bits per heavy atom. The predicted molar refractivity (Wildman–Crippen MR) is 101 cm³/mol. The van der Waals surface area contributed by atoms with E-state index >= 15 is 4.39 Å². The number of benzene rings is 1. The van der Waals surface area contributed by atoms with Crippen molar-refractivity contribution in [2.75, 3.05) is 11.4 Å². The average Bonchev–Trinajstić information content (AvgIpc) is 3.19. The fraction of sp³-hybridized carbons (Fsp3) is 0.400. The van der Waals surface area contributed by atoms with E-state index < -0.39 is 41.2 Å². The lowest BCUT2D eigenvalue weighted by Gasteiger charge is -2.55. The molecule has 2 fully saturated rings. The van der Waals surface area contributed by atoms with Gasteiger partial charge in [0, 0.05) is 18.5 Å². The number of carbonyl (C=O) groups is 3. The fourth-order valence-electron chi connectivity index (χ4n) is 5.02. The van der Waals surface area contributed by atoms with Gasteiger partial charge in [-0.3, -0.25) is 20.2 Å². The molecule has 2 aromatic rings. The van der Waals surface area contributed by atoms with Crippen LogP contribution in [0.15, 0.2) is 29.0 Å². The molecule has 0 saturated carbocycles. The monoisotopic (exact) mass is 414 g/mol. The van der Waals surface area contributed by atoms with Crippen molar-refractivity contribution in [2.45, 2.75) is 38.5 Å². The number of hydrogen-bond donors (Lipinski definition) is 2. The van der Waals surface area contributed by atoms with E-state index in [9.17, 15) is 14.4 Å². The first-order chi connectivity index (χ1) is 14.3. The van der Waals surface area contributed by atoms with Crippen LogP contribution in [0.5, 0.6) is 0 Å². The molecule has 156 valence electrons. The predicted octanol–water partition coefficient (Wildman–Crippen LogP) is 1.37. The minimum Gasteiger partial charge on any atom is -0.445 e. The minimum atomic E-state index is -1.65. The molecule has 9 nitrogen and oxygen atoms in total. The Hall–Kier alpha value is -3.27. The number of morpholine rings is 1. The molecule has 3 atom stereocenters. The van der Waals surface area contributed by atoms with Crippen molar-refractivity contribution in [3.8, 4) is 11.5 Å². The zero-order chi connectivity index (χ0) is 21.2. The van der Waals surface area contributed by atoms with Crippen molar-refractivity contribution in [1.82, 2.24) is 15.6 Å². The maximum Gasteiger partial charge on any atom is 0.328 e. The van der Waals surface area contributed by atoms with Crippen LogP contribution in [0.1, 0.15) is 19.4 Å². The third kappa shape index (κ3) is 2.49. The van der Waals surface area contributed by atoms with Crippen molar-refractivity contribution in [2.24, 2.45) is 5.41 Å². The van der Waals surface area contributed by atoms with E-state index in [1.165, 1.54) is 18.5 Å². The van der Waals surface area contributed by atoms with Gasteiger partial charge in [-0.15, -0.1) is 0 Å². The number of nitrogens with zero attached hydrogens (tertiary/aromatic N) is 2. The maximum absolute atomic E-state index is 15.4. The fourth-order valence-corrected chi connectivity index (χ4v) is 5.02. The molecule has 1 aromatic heterocycles. The molecule has 4 amide bonds. The zero-order valence-electron chi connectivity index (χ0n) is 16.3. The van der Waals surface area contributed by atoms with E-state index in [1.807, 2.05) is 6.92 Å². The molecular weight excluding hydrogens is 395 g/mol. The molecule has 1 aromatic carbocycles. The lowest BCUT2D eigenvalue weighted by atomic mass is 9.66. The largest absolute Gasteiger partial charge is 0.445 e. The van der Waals surface area contributed by atoms with Crippen LogP contribution < -0.4 is 15.5 Å². The number of nitrogens with one attached hydrogen (secondary N) is 2. The molecular formula is C20H19FN4O5. The Balaban J connectivity index is 1.73. The first-order valence-corrected chi connectivity index (χ1v) is 9.62. The maximum atomic E-state index is 15.4. The second-order valence-electron chi connectivity index (χ2n) is 7.94. The van der Waals surface area contributed by atoms with Crippen molar-refractivity contribution in [1.29, 1.82) is 0 Å². The summed E-state index contributed by atoms with van der Waals surface area (Å²) in [5.74, 6) is -1.72. The number of anilines is 1. The van der Waals surface area contributed by atoms with Gasteiger partial charge in [0.05, 0.1) is 30.1 Å². The molecule has 0 radical (unpaired) electrons. The molecule has 0 aliphatic carbocycles. The van der Waals surface area contributed by atoms with Crippen LogP contribution in [0.25, 0.3) is 11.5 Å². The van der Waals surface area contributed by atoms with Crippen molar-refractivity contribution >= 4 is 23.5 Å². The Bertz CT molecular complexity index is 1050. The lowest BCUT2D eigenvalue weighted by Crippen LogP contribution is -2.75. The SMILES string of the molecule is C[C@@H]1CN2c3c(F)cc(-c4ncco4)cc3CC3(C(=O)NC(=O)NC3=O)[C@H]2[C@H](C)O1. The minimum absolute atomic E-state index is 0.0952. The summed E-state index contributed by atoms with van der Waals surface area (Å²) in [5, 5.41) is 4.41. The van der Waals surface area contributed by atoms with Gasteiger partial charge in [0.1, 0.15) is 12.1 Å². The summed E-state index contributed by atoms with van der Waals surface area (Å²) in [4.78, 5) is 43.7. The van der Waals surface area contributed by atoms with Crippen LogP contribution in [-0.4, -0.2) is 47.6 Å². The number of barbiturate groups is 1. The smallest absolute Gasteiger partial charge is 0.328 e. The van der Waals surface area contributed by atoms with Gasteiger partial charge in [-0.2, -0.15) is 0 Å². The number of rotatable bonds is 1. The van der Waals surface area contributed by atoms with Crippen LogP contribution in [0.4, 0.5) is 14.9 Å². The summed E-state index contributed by atoms with van der Waals surface area (Å²) in [6, 6.07) is 1.35. The number of aromatic nitrogens is 1. The molecule has 1 spiro atoms. The molecule has 5 rings (SSSR count). The number of carbonyl (C=O) groups excluding carboxylic acids is 3. The summed E-state index contributed by atoms with van der Waals surface area (Å²) in [6.07, 6.45) is 1.92. The first-order valence-electron chi connectivity index (χ1n) is 9.62. The van der Waals surface area contributed by atoms with Gasteiger partial charge in [0.15, 0.2) is 5.41 Å². The van der Waals surface area contributed by atoms with E-state index in [4.69, 9.17) is 9.15 Å². The van der Waals surface area contributed by atoms with Crippen molar-refractivity contribution in [3.05, 3.63) is 36.0 Å². The van der Waals surface area contributed by atoms with Crippen molar-refractivity contribution < 1.29 is 27.9 Å². The highest BCUT2D eigenvalue weighted by Gasteiger charge is 2.63. The lowest BCUT2D eigenvalue weighted by molar-refractivity contribution is -0.153. The van der Waals surface area contributed by atoms with Gasteiger partial charge in [0.25, 0.3) is 0 Å². The number of ether oxygens (including phenoxy) is 1. The van der Waals surface area contributed by atoms with Crippen LogP contribution in [0.3, 0.4) is 0 Å². The summed E-state index contributed by atoms with van der Waals surface area (Å²) < 4.78 is 26.5. The number of amides is 4. The van der Waals surface area contributed by atoms with Gasteiger partial charge in [0.2, 0.25) is 17.7 Å². The summed E-state index contributed by atoms with van der Waals surface area (Å²) >= 11 is 0. The molecule has 2 saturated heterocycles.